The van der Waals surface area contributed by atoms with E-state index in [0.717, 1.165) is 0 Å². The van der Waals surface area contributed by atoms with Crippen LogP contribution in [0.2, 0.25) is 0 Å². The molecule has 0 bridgehead atoms. The zero-order valence-electron chi connectivity index (χ0n) is 13.6. The Bertz CT molecular complexity index is 953. The minimum absolute atomic E-state index is 0.0833. The molecule has 0 saturated heterocycles. The standard InChI is InChI=1S/C17H18F3N3O/c1-10(9-22(2)3)23-14-8-11(24)4-5-12(14)13-6-7-21-16(15(13)23)17(18,19)20/h4-8,10,21H,9H2,1-3H3. The average molecular weight is 337 g/mol. The molecule has 0 spiro atoms. The first-order valence-electron chi connectivity index (χ1n) is 7.57. The zero-order valence-corrected chi connectivity index (χ0v) is 13.6. The second kappa shape index (κ2) is 5.66. The van der Waals surface area contributed by atoms with E-state index in [-0.39, 0.29) is 17.0 Å². The number of hydrogen-bond acceptors (Lipinski definition) is 2. The van der Waals surface area contributed by atoms with Crippen LogP contribution in [0.3, 0.4) is 0 Å². The van der Waals surface area contributed by atoms with E-state index in [1.165, 1.54) is 18.3 Å². The van der Waals surface area contributed by atoms with Gasteiger partial charge >= 0.3 is 6.18 Å². The van der Waals surface area contributed by atoms with Crippen molar-refractivity contribution in [3.05, 3.63) is 46.4 Å². The molecule has 1 unspecified atom stereocenters. The minimum atomic E-state index is -4.51. The summed E-state index contributed by atoms with van der Waals surface area (Å²) < 4.78 is 42.2. The number of nitrogens with zero attached hydrogens (tertiary/aromatic N) is 2. The molecule has 3 rings (SSSR count). The molecule has 1 aromatic carbocycles. The summed E-state index contributed by atoms with van der Waals surface area (Å²) >= 11 is 0. The predicted molar refractivity (Wildman–Crippen MR) is 88.3 cm³/mol. The molecular weight excluding hydrogens is 319 g/mol. The summed E-state index contributed by atoms with van der Waals surface area (Å²) in [6.45, 7) is 2.40. The van der Waals surface area contributed by atoms with Crippen molar-refractivity contribution in [2.75, 3.05) is 20.6 Å². The molecule has 0 fully saturated rings. The molecule has 0 aliphatic heterocycles. The van der Waals surface area contributed by atoms with Crippen molar-refractivity contribution in [1.29, 1.82) is 0 Å². The van der Waals surface area contributed by atoms with Crippen LogP contribution in [0.1, 0.15) is 18.7 Å². The number of rotatable bonds is 3. The van der Waals surface area contributed by atoms with E-state index in [2.05, 4.69) is 4.98 Å². The fourth-order valence-corrected chi connectivity index (χ4v) is 3.30. The third-order valence-electron chi connectivity index (χ3n) is 4.08. The van der Waals surface area contributed by atoms with Gasteiger partial charge in [0, 0.05) is 35.6 Å². The summed E-state index contributed by atoms with van der Waals surface area (Å²) in [7, 11) is 3.72. The number of fused-ring (bicyclic) bond motifs is 3. The summed E-state index contributed by atoms with van der Waals surface area (Å²) in [5.41, 5.74) is -0.410. The Hall–Kier alpha value is -2.28. The van der Waals surface area contributed by atoms with Gasteiger partial charge in [0.2, 0.25) is 0 Å². The van der Waals surface area contributed by atoms with Gasteiger partial charge in [-0.1, -0.05) is 0 Å². The van der Waals surface area contributed by atoms with Crippen LogP contribution in [-0.4, -0.2) is 35.1 Å². The highest BCUT2D eigenvalue weighted by molar-refractivity contribution is 6.08. The molecule has 7 heteroatoms. The molecule has 2 aromatic heterocycles. The monoisotopic (exact) mass is 337 g/mol. The molecule has 0 radical (unpaired) electrons. The molecule has 0 amide bonds. The maximum absolute atomic E-state index is 13.5. The van der Waals surface area contributed by atoms with E-state index < -0.39 is 11.9 Å². The zero-order chi connectivity index (χ0) is 17.6. The van der Waals surface area contributed by atoms with Crippen molar-refractivity contribution in [3.63, 3.8) is 0 Å². The van der Waals surface area contributed by atoms with Gasteiger partial charge in [0.15, 0.2) is 5.43 Å². The Morgan fingerprint density at radius 2 is 1.92 bits per heavy atom. The van der Waals surface area contributed by atoms with Crippen LogP contribution in [0.4, 0.5) is 13.2 Å². The fourth-order valence-electron chi connectivity index (χ4n) is 3.30. The van der Waals surface area contributed by atoms with Gasteiger partial charge in [0.1, 0.15) is 5.69 Å². The average Bonchev–Trinajstić information content (AvgIpc) is 2.78. The Morgan fingerprint density at radius 1 is 1.21 bits per heavy atom. The van der Waals surface area contributed by atoms with Crippen LogP contribution >= 0.6 is 0 Å². The van der Waals surface area contributed by atoms with Gasteiger partial charge in [-0.05, 0) is 39.2 Å². The van der Waals surface area contributed by atoms with Crippen molar-refractivity contribution in [2.24, 2.45) is 0 Å². The molecule has 0 aliphatic carbocycles. The van der Waals surface area contributed by atoms with Crippen molar-refractivity contribution in [2.45, 2.75) is 19.1 Å². The molecule has 24 heavy (non-hydrogen) atoms. The molecule has 2 heterocycles. The molecule has 4 nitrogen and oxygen atoms in total. The summed E-state index contributed by atoms with van der Waals surface area (Å²) in [5.74, 6) is 0. The minimum Gasteiger partial charge on any atom is -0.356 e. The van der Waals surface area contributed by atoms with E-state index in [1.807, 2.05) is 25.9 Å². The van der Waals surface area contributed by atoms with E-state index in [0.29, 0.717) is 22.8 Å². The van der Waals surface area contributed by atoms with Crippen LogP contribution in [0.15, 0.2) is 35.3 Å². The molecule has 0 aliphatic rings. The van der Waals surface area contributed by atoms with Crippen LogP contribution in [0.25, 0.3) is 21.8 Å². The molecule has 3 aromatic rings. The summed E-state index contributed by atoms with van der Waals surface area (Å²) in [5, 5.41) is 1.14. The lowest BCUT2D eigenvalue weighted by molar-refractivity contribution is -0.140. The number of pyridine rings is 1. The van der Waals surface area contributed by atoms with Crippen molar-refractivity contribution in [3.8, 4) is 0 Å². The highest BCUT2D eigenvalue weighted by Crippen LogP contribution is 2.38. The second-order valence-electron chi connectivity index (χ2n) is 6.27. The Morgan fingerprint density at radius 3 is 2.54 bits per heavy atom. The fraction of sp³-hybridized carbons (Fsp3) is 0.353. The summed E-state index contributed by atoms with van der Waals surface area (Å²) in [6, 6.07) is 5.77. The van der Waals surface area contributed by atoms with Gasteiger partial charge in [-0.15, -0.1) is 0 Å². The maximum Gasteiger partial charge on any atom is 0.433 e. The number of alkyl halides is 3. The van der Waals surface area contributed by atoms with Crippen LogP contribution in [0, 0.1) is 0 Å². The first-order valence-corrected chi connectivity index (χ1v) is 7.57. The summed E-state index contributed by atoms with van der Waals surface area (Å²) in [6.07, 6.45) is -3.22. The van der Waals surface area contributed by atoms with Crippen LogP contribution in [0.5, 0.6) is 0 Å². The number of halogens is 3. The van der Waals surface area contributed by atoms with Gasteiger partial charge < -0.3 is 14.5 Å². The molecular formula is C17H18F3N3O. The van der Waals surface area contributed by atoms with Crippen LogP contribution in [-0.2, 0) is 6.18 Å². The summed E-state index contributed by atoms with van der Waals surface area (Å²) in [4.78, 5) is 16.0. The van der Waals surface area contributed by atoms with Crippen molar-refractivity contribution >= 4 is 21.8 Å². The second-order valence-corrected chi connectivity index (χ2v) is 6.27. The first kappa shape index (κ1) is 16.6. The highest BCUT2D eigenvalue weighted by atomic mass is 19.4. The van der Waals surface area contributed by atoms with Crippen molar-refractivity contribution in [1.82, 2.24) is 14.5 Å². The Kier molecular flexibility index (Phi) is 3.91. The van der Waals surface area contributed by atoms with Gasteiger partial charge in [0.05, 0.1) is 11.0 Å². The number of benzene rings is 1. The van der Waals surface area contributed by atoms with E-state index in [1.54, 1.807) is 16.7 Å². The van der Waals surface area contributed by atoms with E-state index >= 15 is 0 Å². The third kappa shape index (κ3) is 2.69. The molecule has 1 atom stereocenters. The predicted octanol–water partition coefficient (Wildman–Crippen LogP) is 3.62. The molecule has 128 valence electrons. The number of aromatic nitrogens is 2. The van der Waals surface area contributed by atoms with Gasteiger partial charge in [0.25, 0.3) is 0 Å². The highest BCUT2D eigenvalue weighted by Gasteiger charge is 2.36. The maximum atomic E-state index is 13.5. The van der Waals surface area contributed by atoms with Gasteiger partial charge in [-0.25, -0.2) is 0 Å². The number of likely N-dealkylation sites (N-methyl/N-ethyl adjacent to an activating group) is 1. The Balaban J connectivity index is 2.47. The largest absolute Gasteiger partial charge is 0.433 e. The van der Waals surface area contributed by atoms with Crippen molar-refractivity contribution < 1.29 is 13.2 Å². The van der Waals surface area contributed by atoms with Gasteiger partial charge in [-0.2, -0.15) is 13.2 Å². The molecule has 1 N–H and O–H groups in total. The normalized spacial score (nSPS) is 14.0. The topological polar surface area (TPSA) is 41.0 Å². The van der Waals surface area contributed by atoms with Crippen LogP contribution < -0.4 is 5.43 Å². The molecule has 0 saturated carbocycles. The number of aromatic amines is 1. The Labute approximate surface area is 136 Å². The van der Waals surface area contributed by atoms with Gasteiger partial charge in [-0.3, -0.25) is 4.79 Å². The third-order valence-corrected chi connectivity index (χ3v) is 4.08. The SMILES string of the molecule is CC(CN(C)C)n1c2cc(=O)ccc2c2cc[nH]c(C(F)(F)F)c21. The lowest BCUT2D eigenvalue weighted by atomic mass is 10.1. The van der Waals surface area contributed by atoms with E-state index in [9.17, 15) is 18.0 Å². The lowest BCUT2D eigenvalue weighted by Crippen LogP contribution is -2.23. The number of H-pyrrole nitrogens is 1. The smallest absolute Gasteiger partial charge is 0.356 e. The quantitative estimate of drug-likeness (QED) is 0.793. The number of nitrogens with one attached hydrogen (secondary N) is 1. The lowest BCUT2D eigenvalue weighted by Gasteiger charge is -2.22. The van der Waals surface area contributed by atoms with E-state index in [4.69, 9.17) is 0 Å². The number of hydrogen-bond donors (Lipinski definition) is 1. The first-order chi connectivity index (χ1) is 11.2.